The summed E-state index contributed by atoms with van der Waals surface area (Å²) >= 11 is 0. The zero-order valence-electron chi connectivity index (χ0n) is 18.6. The van der Waals surface area contributed by atoms with Crippen molar-refractivity contribution >= 4 is 11.2 Å². The average Bonchev–Trinajstić information content (AvgIpc) is 3.23. The highest BCUT2D eigenvalue weighted by atomic mass is 16.2. The molecule has 5 rings (SSSR count). The van der Waals surface area contributed by atoms with Gasteiger partial charge in [-0.1, -0.05) is 72.8 Å². The Labute approximate surface area is 191 Å². The predicted molar refractivity (Wildman–Crippen MR) is 130 cm³/mol. The maximum atomic E-state index is 13.7. The fourth-order valence-corrected chi connectivity index (χ4v) is 4.21. The van der Waals surface area contributed by atoms with E-state index < -0.39 is 5.69 Å². The second kappa shape index (κ2) is 8.39. The Kier molecular flexibility index (Phi) is 5.26. The molecule has 0 radical (unpaired) electrons. The molecule has 0 spiro atoms. The zero-order chi connectivity index (χ0) is 22.9. The van der Waals surface area contributed by atoms with Gasteiger partial charge < -0.3 is 4.57 Å². The fraction of sp³-hybridized carbons (Fsp3) is 0.148. The minimum Gasteiger partial charge on any atom is -0.320 e. The largest absolute Gasteiger partial charge is 0.337 e. The second-order valence-electron chi connectivity index (χ2n) is 8.25. The van der Waals surface area contributed by atoms with Gasteiger partial charge in [0.05, 0.1) is 18.6 Å². The van der Waals surface area contributed by atoms with E-state index in [0.29, 0.717) is 17.7 Å². The molecule has 0 unspecified atom stereocenters. The first-order valence-corrected chi connectivity index (χ1v) is 10.9. The number of rotatable bonds is 5. The molecule has 164 valence electrons. The minimum atomic E-state index is -0.396. The Morgan fingerprint density at radius 2 is 1.42 bits per heavy atom. The molecule has 0 aliphatic rings. The van der Waals surface area contributed by atoms with Crippen molar-refractivity contribution in [3.63, 3.8) is 0 Å². The number of benzene rings is 3. The summed E-state index contributed by atoms with van der Waals surface area (Å²) in [7, 11) is 0. The predicted octanol–water partition coefficient (Wildman–Crippen LogP) is 4.06. The van der Waals surface area contributed by atoms with Gasteiger partial charge in [0.2, 0.25) is 0 Å². The van der Waals surface area contributed by atoms with Crippen LogP contribution < -0.4 is 11.2 Å². The summed E-state index contributed by atoms with van der Waals surface area (Å²) < 4.78 is 4.71. The van der Waals surface area contributed by atoms with Crippen LogP contribution in [0.2, 0.25) is 0 Å². The van der Waals surface area contributed by atoms with E-state index in [1.807, 2.05) is 97.3 Å². The number of hydrogen-bond donors (Lipinski definition) is 0. The number of aromatic nitrogens is 4. The first-order valence-electron chi connectivity index (χ1n) is 10.9. The van der Waals surface area contributed by atoms with Gasteiger partial charge in [-0.3, -0.25) is 9.36 Å². The van der Waals surface area contributed by atoms with Crippen LogP contribution in [0.5, 0.6) is 0 Å². The maximum absolute atomic E-state index is 13.7. The lowest BCUT2D eigenvalue weighted by Gasteiger charge is -2.14. The smallest absolute Gasteiger partial charge is 0.320 e. The highest BCUT2D eigenvalue weighted by Gasteiger charge is 2.20. The lowest BCUT2D eigenvalue weighted by atomic mass is 10.1. The number of nitrogens with zero attached hydrogens (tertiary/aromatic N) is 4. The Balaban J connectivity index is 1.79. The number of fused-ring (bicyclic) bond motifs is 1. The van der Waals surface area contributed by atoms with Crippen LogP contribution in [0.3, 0.4) is 0 Å². The van der Waals surface area contributed by atoms with Crippen LogP contribution in [-0.4, -0.2) is 18.7 Å². The summed E-state index contributed by atoms with van der Waals surface area (Å²) in [6.45, 7) is 4.68. The number of para-hydroxylation sites is 1. The fourth-order valence-electron chi connectivity index (χ4n) is 4.21. The third-order valence-corrected chi connectivity index (χ3v) is 6.04. The molecule has 0 N–H and O–H groups in total. The molecule has 2 heterocycles. The van der Waals surface area contributed by atoms with Gasteiger partial charge in [0.15, 0.2) is 11.2 Å². The molecular formula is C27H24N4O2. The monoisotopic (exact) mass is 436 g/mol. The van der Waals surface area contributed by atoms with Crippen molar-refractivity contribution in [1.29, 1.82) is 0 Å². The maximum Gasteiger partial charge on any atom is 0.337 e. The normalized spacial score (nSPS) is 11.2. The molecule has 0 aliphatic carbocycles. The summed E-state index contributed by atoms with van der Waals surface area (Å²) in [6, 6.07) is 25.3. The Morgan fingerprint density at radius 3 is 2.15 bits per heavy atom. The van der Waals surface area contributed by atoms with Crippen molar-refractivity contribution in [2.24, 2.45) is 0 Å². The van der Waals surface area contributed by atoms with Crippen LogP contribution in [0.4, 0.5) is 0 Å². The van der Waals surface area contributed by atoms with Gasteiger partial charge in [0, 0.05) is 6.54 Å². The molecule has 6 heteroatoms. The summed E-state index contributed by atoms with van der Waals surface area (Å²) in [6.07, 6.45) is 1.65. The average molecular weight is 437 g/mol. The first kappa shape index (κ1) is 20.7. The van der Waals surface area contributed by atoms with Crippen molar-refractivity contribution in [1.82, 2.24) is 18.7 Å². The van der Waals surface area contributed by atoms with E-state index in [-0.39, 0.29) is 12.1 Å². The van der Waals surface area contributed by atoms with E-state index in [1.165, 1.54) is 4.57 Å². The SMILES string of the molecule is Cc1ccccc1Cn1cnc2c1c(=O)n(Cc1ccccc1)c(=O)n2-c1ccccc1C. The molecule has 6 nitrogen and oxygen atoms in total. The van der Waals surface area contributed by atoms with Crippen molar-refractivity contribution in [2.75, 3.05) is 0 Å². The zero-order valence-corrected chi connectivity index (χ0v) is 18.6. The van der Waals surface area contributed by atoms with Crippen LogP contribution in [0.1, 0.15) is 22.3 Å². The molecule has 0 amide bonds. The van der Waals surface area contributed by atoms with E-state index in [0.717, 1.165) is 27.9 Å². The van der Waals surface area contributed by atoms with E-state index in [4.69, 9.17) is 0 Å². The summed E-state index contributed by atoms with van der Waals surface area (Å²) in [5.74, 6) is 0. The summed E-state index contributed by atoms with van der Waals surface area (Å²) in [5.41, 5.74) is 4.82. The van der Waals surface area contributed by atoms with Crippen molar-refractivity contribution in [3.8, 4) is 5.69 Å². The van der Waals surface area contributed by atoms with Crippen LogP contribution in [0, 0.1) is 13.8 Å². The van der Waals surface area contributed by atoms with Gasteiger partial charge in [-0.2, -0.15) is 0 Å². The lowest BCUT2D eigenvalue weighted by molar-refractivity contribution is 0.676. The first-order chi connectivity index (χ1) is 16.0. The molecule has 0 saturated heterocycles. The Morgan fingerprint density at radius 1 is 0.758 bits per heavy atom. The molecule has 5 aromatic rings. The Hall–Kier alpha value is -4.19. The quantitative estimate of drug-likeness (QED) is 0.417. The van der Waals surface area contributed by atoms with Gasteiger partial charge in [-0.05, 0) is 42.2 Å². The minimum absolute atomic E-state index is 0.190. The third kappa shape index (κ3) is 3.69. The molecule has 2 aromatic heterocycles. The molecule has 0 fully saturated rings. The summed E-state index contributed by atoms with van der Waals surface area (Å²) in [5, 5.41) is 0. The standard InChI is InChI=1S/C27H24N4O2/c1-19-10-6-8-14-22(19)17-29-18-28-25-24(29)26(32)30(16-21-12-4-3-5-13-21)27(33)31(25)23-15-9-7-11-20(23)2/h3-15,18H,16-17H2,1-2H3. The van der Waals surface area contributed by atoms with Crippen LogP contribution >= 0.6 is 0 Å². The summed E-state index contributed by atoms with van der Waals surface area (Å²) in [4.78, 5) is 31.9. The highest BCUT2D eigenvalue weighted by Crippen LogP contribution is 2.18. The van der Waals surface area contributed by atoms with Gasteiger partial charge in [-0.25, -0.2) is 14.3 Å². The molecule has 0 bridgehead atoms. The lowest BCUT2D eigenvalue weighted by Crippen LogP contribution is -2.40. The van der Waals surface area contributed by atoms with Crippen molar-refractivity contribution < 1.29 is 0 Å². The van der Waals surface area contributed by atoms with Gasteiger partial charge in [-0.15, -0.1) is 0 Å². The molecule has 0 saturated carbocycles. The van der Waals surface area contributed by atoms with E-state index in [1.54, 1.807) is 10.9 Å². The molecule has 3 aromatic carbocycles. The number of hydrogen-bond acceptors (Lipinski definition) is 3. The van der Waals surface area contributed by atoms with Gasteiger partial charge in [0.25, 0.3) is 5.56 Å². The van der Waals surface area contributed by atoms with Crippen LogP contribution in [0.15, 0.2) is 94.8 Å². The van der Waals surface area contributed by atoms with Gasteiger partial charge in [0.1, 0.15) is 0 Å². The molecular weight excluding hydrogens is 412 g/mol. The van der Waals surface area contributed by atoms with Crippen molar-refractivity contribution in [2.45, 2.75) is 26.9 Å². The topological polar surface area (TPSA) is 61.8 Å². The molecule has 33 heavy (non-hydrogen) atoms. The highest BCUT2D eigenvalue weighted by molar-refractivity contribution is 5.73. The number of imidazole rings is 1. The molecule has 0 aliphatic heterocycles. The van der Waals surface area contributed by atoms with Crippen molar-refractivity contribution in [3.05, 3.63) is 128 Å². The van der Waals surface area contributed by atoms with Crippen LogP contribution in [0.25, 0.3) is 16.9 Å². The van der Waals surface area contributed by atoms with E-state index in [2.05, 4.69) is 4.98 Å². The Bertz CT molecular complexity index is 1580. The van der Waals surface area contributed by atoms with E-state index >= 15 is 0 Å². The second-order valence-corrected chi connectivity index (χ2v) is 8.25. The number of aryl methyl sites for hydroxylation is 2. The molecule has 0 atom stereocenters. The van der Waals surface area contributed by atoms with Crippen LogP contribution in [-0.2, 0) is 13.1 Å². The third-order valence-electron chi connectivity index (χ3n) is 6.04. The van der Waals surface area contributed by atoms with Gasteiger partial charge >= 0.3 is 5.69 Å². The van der Waals surface area contributed by atoms with E-state index in [9.17, 15) is 9.59 Å².